The highest BCUT2D eigenvalue weighted by molar-refractivity contribution is 8.18. The number of benzene rings is 1. The first kappa shape index (κ1) is 20.7. The van der Waals surface area contributed by atoms with Crippen molar-refractivity contribution in [2.45, 2.75) is 6.92 Å². The van der Waals surface area contributed by atoms with E-state index in [2.05, 4.69) is 0 Å². The number of carbonyl (C=O) groups excluding carboxylic acids is 4. The van der Waals surface area contributed by atoms with Gasteiger partial charge in [0.25, 0.3) is 11.1 Å². The topological polar surface area (TPSA) is 117 Å². The zero-order valence-electron chi connectivity index (χ0n) is 15.0. The van der Waals surface area contributed by atoms with Gasteiger partial charge in [-0.15, -0.1) is 0 Å². The largest absolute Gasteiger partial charge is 0.545 e. The van der Waals surface area contributed by atoms with Crippen LogP contribution < -0.4 is 5.11 Å². The van der Waals surface area contributed by atoms with Crippen molar-refractivity contribution in [2.75, 3.05) is 13.2 Å². The molecule has 2 amide bonds. The second-order valence-corrected chi connectivity index (χ2v) is 7.16. The maximum atomic E-state index is 12.4. The third-order valence-electron chi connectivity index (χ3n) is 3.84. The van der Waals surface area contributed by atoms with E-state index in [0.29, 0.717) is 28.8 Å². The lowest BCUT2D eigenvalue weighted by Gasteiger charge is -2.10. The number of carboxylic acids is 1. The molecule has 150 valence electrons. The summed E-state index contributed by atoms with van der Waals surface area (Å²) in [4.78, 5) is 47.7. The SMILES string of the molecule is CCOC(=O)CN1C(=O)S/C(=C\c2ccc(-c3ccc(C(=O)[O-])c(Cl)c3)o2)C1=O. The molecule has 10 heteroatoms. The number of carbonyl (C=O) groups is 4. The number of thioether (sulfide) groups is 1. The van der Waals surface area contributed by atoms with Gasteiger partial charge in [-0.1, -0.05) is 23.7 Å². The maximum Gasteiger partial charge on any atom is 0.326 e. The van der Waals surface area contributed by atoms with Crippen LogP contribution in [-0.2, 0) is 14.3 Å². The Labute approximate surface area is 174 Å². The van der Waals surface area contributed by atoms with Crippen LogP contribution in [0.3, 0.4) is 0 Å². The number of furan rings is 1. The van der Waals surface area contributed by atoms with E-state index in [-0.39, 0.29) is 22.1 Å². The minimum absolute atomic E-state index is 0.000495. The average Bonchev–Trinajstić information content (AvgIpc) is 3.22. The third-order valence-corrected chi connectivity index (χ3v) is 5.06. The smallest absolute Gasteiger partial charge is 0.326 e. The van der Waals surface area contributed by atoms with Crippen LogP contribution in [0.25, 0.3) is 17.4 Å². The van der Waals surface area contributed by atoms with Crippen LogP contribution in [0.4, 0.5) is 4.79 Å². The molecule has 2 aromatic rings. The number of esters is 1. The van der Waals surface area contributed by atoms with E-state index in [1.807, 2.05) is 0 Å². The van der Waals surface area contributed by atoms with Gasteiger partial charge in [0.1, 0.15) is 18.1 Å². The lowest BCUT2D eigenvalue weighted by Crippen LogP contribution is -2.34. The number of hydrogen-bond acceptors (Lipinski definition) is 8. The van der Waals surface area contributed by atoms with Crippen LogP contribution in [-0.4, -0.2) is 41.1 Å². The van der Waals surface area contributed by atoms with E-state index in [0.717, 1.165) is 4.90 Å². The van der Waals surface area contributed by atoms with Gasteiger partial charge in [-0.05, 0) is 36.9 Å². The quantitative estimate of drug-likeness (QED) is 0.503. The van der Waals surface area contributed by atoms with E-state index >= 15 is 0 Å². The Kier molecular flexibility index (Phi) is 6.09. The van der Waals surface area contributed by atoms with E-state index in [9.17, 15) is 24.3 Å². The first-order chi connectivity index (χ1) is 13.8. The zero-order chi connectivity index (χ0) is 21.1. The van der Waals surface area contributed by atoms with Gasteiger partial charge in [-0.2, -0.15) is 0 Å². The standard InChI is InChI=1S/C19H14ClNO7S/c1-2-27-16(22)9-21-17(23)15(29-19(21)26)8-11-4-6-14(28-11)10-3-5-12(18(24)25)13(20)7-10/h3-8H,2,9H2,1H3,(H,24,25)/p-1/b15-8-. The summed E-state index contributed by atoms with van der Waals surface area (Å²) in [7, 11) is 0. The molecule has 8 nitrogen and oxygen atoms in total. The summed E-state index contributed by atoms with van der Waals surface area (Å²) in [6, 6.07) is 7.42. The Morgan fingerprint density at radius 1 is 1.28 bits per heavy atom. The van der Waals surface area contributed by atoms with E-state index in [1.165, 1.54) is 24.3 Å². The lowest BCUT2D eigenvalue weighted by molar-refractivity contribution is -0.255. The highest BCUT2D eigenvalue weighted by Crippen LogP contribution is 2.33. The fourth-order valence-corrected chi connectivity index (χ4v) is 3.60. The summed E-state index contributed by atoms with van der Waals surface area (Å²) in [6.07, 6.45) is 1.39. The normalized spacial score (nSPS) is 15.2. The number of halogens is 1. The van der Waals surface area contributed by atoms with E-state index in [4.69, 9.17) is 20.8 Å². The van der Waals surface area contributed by atoms with Crippen LogP contribution in [0.1, 0.15) is 23.0 Å². The number of amides is 2. The molecule has 0 radical (unpaired) electrons. The number of aromatic carboxylic acids is 1. The molecule has 0 aliphatic carbocycles. The molecular weight excluding hydrogens is 422 g/mol. The molecule has 0 bridgehead atoms. The zero-order valence-corrected chi connectivity index (χ0v) is 16.5. The fraction of sp³-hybridized carbons (Fsp3) is 0.158. The maximum absolute atomic E-state index is 12.4. The molecule has 1 fully saturated rings. The number of hydrogen-bond donors (Lipinski definition) is 0. The number of nitrogens with zero attached hydrogens (tertiary/aromatic N) is 1. The highest BCUT2D eigenvalue weighted by Gasteiger charge is 2.36. The number of ether oxygens (including phenoxy) is 1. The van der Waals surface area contributed by atoms with Gasteiger partial charge in [0.15, 0.2) is 0 Å². The van der Waals surface area contributed by atoms with Crippen molar-refractivity contribution in [3.8, 4) is 11.3 Å². The van der Waals surface area contributed by atoms with Crippen molar-refractivity contribution in [3.63, 3.8) is 0 Å². The molecule has 0 unspecified atom stereocenters. The minimum Gasteiger partial charge on any atom is -0.545 e. The molecule has 1 saturated heterocycles. The van der Waals surface area contributed by atoms with Gasteiger partial charge in [0.05, 0.1) is 22.5 Å². The van der Waals surface area contributed by atoms with Gasteiger partial charge >= 0.3 is 5.97 Å². The second-order valence-electron chi connectivity index (χ2n) is 5.76. The Morgan fingerprint density at radius 3 is 2.69 bits per heavy atom. The molecule has 0 spiro atoms. The molecule has 1 aliphatic rings. The van der Waals surface area contributed by atoms with Crippen LogP contribution in [0.15, 0.2) is 39.7 Å². The van der Waals surface area contributed by atoms with Crippen molar-refractivity contribution in [3.05, 3.63) is 51.6 Å². The fourth-order valence-electron chi connectivity index (χ4n) is 2.52. The van der Waals surface area contributed by atoms with Crippen molar-refractivity contribution in [2.24, 2.45) is 0 Å². The molecular formula is C19H13ClNO7S-. The second kappa shape index (κ2) is 8.54. The number of rotatable bonds is 6. The predicted octanol–water partition coefficient (Wildman–Crippen LogP) is 2.56. The van der Waals surface area contributed by atoms with Crippen LogP contribution in [0, 0.1) is 0 Å². The van der Waals surface area contributed by atoms with Gasteiger partial charge in [-0.3, -0.25) is 19.3 Å². The molecule has 3 rings (SSSR count). The minimum atomic E-state index is -1.39. The summed E-state index contributed by atoms with van der Waals surface area (Å²) in [5.74, 6) is -2.00. The molecule has 1 aromatic carbocycles. The summed E-state index contributed by atoms with van der Waals surface area (Å²) >= 11 is 6.62. The molecule has 29 heavy (non-hydrogen) atoms. The van der Waals surface area contributed by atoms with Crippen molar-refractivity contribution < 1.29 is 33.4 Å². The Hall–Kier alpha value is -3.04. The molecule has 0 saturated carbocycles. The molecule has 0 atom stereocenters. The summed E-state index contributed by atoms with van der Waals surface area (Å²) < 4.78 is 10.4. The Bertz CT molecular complexity index is 1040. The van der Waals surface area contributed by atoms with E-state index in [1.54, 1.807) is 19.1 Å². The van der Waals surface area contributed by atoms with Crippen molar-refractivity contribution >= 4 is 52.5 Å². The summed E-state index contributed by atoms with van der Waals surface area (Å²) in [6.45, 7) is 1.32. The van der Waals surface area contributed by atoms with Crippen molar-refractivity contribution in [1.29, 1.82) is 0 Å². The highest BCUT2D eigenvalue weighted by atomic mass is 35.5. The first-order valence-electron chi connectivity index (χ1n) is 8.32. The summed E-state index contributed by atoms with van der Waals surface area (Å²) in [5.41, 5.74) is 0.382. The number of carboxylic acid groups (broad SMARTS) is 1. The van der Waals surface area contributed by atoms with Gasteiger partial charge in [0.2, 0.25) is 0 Å². The van der Waals surface area contributed by atoms with Gasteiger partial charge in [-0.25, -0.2) is 0 Å². The average molecular weight is 435 g/mol. The van der Waals surface area contributed by atoms with Crippen LogP contribution >= 0.6 is 23.4 Å². The van der Waals surface area contributed by atoms with Crippen LogP contribution in [0.5, 0.6) is 0 Å². The number of imide groups is 1. The summed E-state index contributed by atoms with van der Waals surface area (Å²) in [5, 5.41) is 10.4. The monoisotopic (exact) mass is 434 g/mol. The third kappa shape index (κ3) is 4.52. The molecule has 1 aromatic heterocycles. The predicted molar refractivity (Wildman–Crippen MR) is 103 cm³/mol. The van der Waals surface area contributed by atoms with E-state index < -0.39 is 29.6 Å². The Balaban J connectivity index is 1.79. The first-order valence-corrected chi connectivity index (χ1v) is 9.51. The molecule has 1 aliphatic heterocycles. The van der Waals surface area contributed by atoms with Crippen LogP contribution in [0.2, 0.25) is 5.02 Å². The molecule has 2 heterocycles. The van der Waals surface area contributed by atoms with Crippen molar-refractivity contribution in [1.82, 2.24) is 4.90 Å². The lowest BCUT2D eigenvalue weighted by atomic mass is 10.1. The van der Waals surface area contributed by atoms with Gasteiger partial charge in [0, 0.05) is 17.2 Å². The molecule has 0 N–H and O–H groups in total. The van der Waals surface area contributed by atoms with Gasteiger partial charge < -0.3 is 19.1 Å². The Morgan fingerprint density at radius 2 is 2.03 bits per heavy atom.